The minimum atomic E-state index is -0.0339. The number of carbonyl (C=O) groups is 1. The van der Waals surface area contributed by atoms with Gasteiger partial charge in [-0.15, -0.1) is 0 Å². The van der Waals surface area contributed by atoms with E-state index < -0.39 is 0 Å². The van der Waals surface area contributed by atoms with E-state index in [0.717, 1.165) is 11.4 Å². The summed E-state index contributed by atoms with van der Waals surface area (Å²) in [6.07, 6.45) is 4.91. The van der Waals surface area contributed by atoms with Crippen molar-refractivity contribution in [2.45, 2.75) is 6.92 Å². The topological polar surface area (TPSA) is 38.1 Å². The van der Waals surface area contributed by atoms with E-state index >= 15 is 0 Å². The average molecular weight is 255 g/mol. The largest absolute Gasteiger partial charge is 0.383 e. The van der Waals surface area contributed by atoms with E-state index in [1.54, 1.807) is 23.2 Å². The van der Waals surface area contributed by atoms with Crippen LogP contribution < -0.4 is 0 Å². The van der Waals surface area contributed by atoms with Gasteiger partial charge in [-0.25, -0.2) is 4.68 Å². The molecule has 1 aromatic carbocycles. The summed E-state index contributed by atoms with van der Waals surface area (Å²) >= 11 is 0. The van der Waals surface area contributed by atoms with Crippen molar-refractivity contribution in [1.82, 2.24) is 14.7 Å². The molecule has 0 aliphatic carbocycles. The molecule has 2 rings (SSSR count). The summed E-state index contributed by atoms with van der Waals surface area (Å²) in [5.41, 5.74) is 2.43. The summed E-state index contributed by atoms with van der Waals surface area (Å²) in [7, 11) is 3.76. The van der Waals surface area contributed by atoms with Crippen molar-refractivity contribution in [2.75, 3.05) is 14.1 Å². The number of hydrogen-bond acceptors (Lipinski definition) is 3. The van der Waals surface area contributed by atoms with Crippen molar-refractivity contribution in [3.63, 3.8) is 0 Å². The minimum absolute atomic E-state index is 0.0339. The van der Waals surface area contributed by atoms with Crippen LogP contribution in [0.3, 0.4) is 0 Å². The number of aromatic nitrogens is 2. The maximum absolute atomic E-state index is 12.0. The average Bonchev–Trinajstić information content (AvgIpc) is 2.79. The fraction of sp³-hybridized carbons (Fsp3) is 0.200. The van der Waals surface area contributed by atoms with E-state index in [1.807, 2.05) is 56.3 Å². The molecule has 1 heterocycles. The van der Waals surface area contributed by atoms with Gasteiger partial charge in [0.1, 0.15) is 0 Å². The van der Waals surface area contributed by atoms with Crippen LogP contribution >= 0.6 is 0 Å². The predicted molar refractivity (Wildman–Crippen MR) is 75.5 cm³/mol. The van der Waals surface area contributed by atoms with Crippen molar-refractivity contribution in [1.29, 1.82) is 0 Å². The van der Waals surface area contributed by atoms with Gasteiger partial charge in [0.25, 0.3) is 0 Å². The quantitative estimate of drug-likeness (QED) is 0.622. The summed E-state index contributed by atoms with van der Waals surface area (Å²) in [5, 5.41) is 4.28. The molecule has 98 valence electrons. The Balaban J connectivity index is 2.31. The maximum atomic E-state index is 12.0. The molecule has 0 unspecified atom stereocenters. The smallest absolute Gasteiger partial charge is 0.190 e. The van der Waals surface area contributed by atoms with Gasteiger partial charge in [-0.3, -0.25) is 4.79 Å². The van der Waals surface area contributed by atoms with E-state index in [2.05, 4.69) is 5.10 Å². The van der Waals surface area contributed by atoms with E-state index in [-0.39, 0.29) is 5.78 Å². The third kappa shape index (κ3) is 2.91. The van der Waals surface area contributed by atoms with Gasteiger partial charge in [0, 0.05) is 26.4 Å². The molecular formula is C15H17N3O. The summed E-state index contributed by atoms with van der Waals surface area (Å²) in [4.78, 5) is 13.9. The van der Waals surface area contributed by atoms with Crippen LogP contribution in [0.2, 0.25) is 0 Å². The highest BCUT2D eigenvalue weighted by molar-refractivity contribution is 6.05. The molecule has 2 aromatic rings. The number of carbonyl (C=O) groups excluding carboxylic acids is 1. The fourth-order valence-corrected chi connectivity index (χ4v) is 1.79. The molecule has 0 saturated carbocycles. The number of benzene rings is 1. The first-order chi connectivity index (χ1) is 9.09. The molecule has 0 fully saturated rings. The van der Waals surface area contributed by atoms with Crippen LogP contribution in [0.15, 0.2) is 48.8 Å². The highest BCUT2D eigenvalue weighted by Gasteiger charge is 2.12. The zero-order valence-corrected chi connectivity index (χ0v) is 11.4. The lowest BCUT2D eigenvalue weighted by molar-refractivity contribution is 0.104. The molecule has 4 nitrogen and oxygen atoms in total. The normalized spacial score (nSPS) is 10.9. The molecule has 0 radical (unpaired) electrons. The van der Waals surface area contributed by atoms with Crippen molar-refractivity contribution in [3.8, 4) is 5.69 Å². The second kappa shape index (κ2) is 5.52. The molecule has 0 spiro atoms. The van der Waals surface area contributed by atoms with Crippen molar-refractivity contribution in [3.05, 3.63) is 60.1 Å². The lowest BCUT2D eigenvalue weighted by Gasteiger charge is -2.04. The van der Waals surface area contributed by atoms with Crippen LogP contribution in [-0.4, -0.2) is 34.6 Å². The number of para-hydroxylation sites is 1. The predicted octanol–water partition coefficient (Wildman–Crippen LogP) is 2.44. The Hall–Kier alpha value is -2.36. The van der Waals surface area contributed by atoms with Crippen LogP contribution in [0.5, 0.6) is 0 Å². The third-order valence-corrected chi connectivity index (χ3v) is 2.80. The molecule has 1 aromatic heterocycles. The Bertz CT molecular complexity index is 597. The van der Waals surface area contributed by atoms with Gasteiger partial charge in [0.2, 0.25) is 0 Å². The van der Waals surface area contributed by atoms with Gasteiger partial charge in [-0.2, -0.15) is 5.10 Å². The van der Waals surface area contributed by atoms with Crippen molar-refractivity contribution < 1.29 is 4.79 Å². The van der Waals surface area contributed by atoms with E-state index in [4.69, 9.17) is 0 Å². The van der Waals surface area contributed by atoms with Crippen LogP contribution in [-0.2, 0) is 0 Å². The zero-order valence-electron chi connectivity index (χ0n) is 11.4. The number of hydrogen-bond donors (Lipinski definition) is 0. The first-order valence-corrected chi connectivity index (χ1v) is 6.08. The van der Waals surface area contributed by atoms with Crippen LogP contribution in [0.4, 0.5) is 0 Å². The Morgan fingerprint density at radius 3 is 2.58 bits per heavy atom. The molecule has 4 heteroatoms. The standard InChI is InChI=1S/C15H17N3O/c1-12-14(15(19)9-10-17(2)3)11-16-18(12)13-7-5-4-6-8-13/h4-11H,1-3H3. The molecule has 0 amide bonds. The number of ketones is 1. The monoisotopic (exact) mass is 255 g/mol. The summed E-state index contributed by atoms with van der Waals surface area (Å²) in [6, 6.07) is 9.77. The second-order valence-corrected chi connectivity index (χ2v) is 4.53. The summed E-state index contributed by atoms with van der Waals surface area (Å²) in [5.74, 6) is -0.0339. The number of nitrogens with zero attached hydrogens (tertiary/aromatic N) is 3. The van der Waals surface area contributed by atoms with Gasteiger partial charge >= 0.3 is 0 Å². The SMILES string of the molecule is Cc1c(C(=O)C=CN(C)C)cnn1-c1ccccc1. The third-order valence-electron chi connectivity index (χ3n) is 2.80. The zero-order chi connectivity index (χ0) is 13.8. The number of rotatable bonds is 4. The van der Waals surface area contributed by atoms with Crippen molar-refractivity contribution >= 4 is 5.78 Å². The summed E-state index contributed by atoms with van der Waals surface area (Å²) in [6.45, 7) is 1.90. The molecule has 19 heavy (non-hydrogen) atoms. The lowest BCUT2D eigenvalue weighted by atomic mass is 10.1. The van der Waals surface area contributed by atoms with Crippen LogP contribution in [0.1, 0.15) is 16.1 Å². The minimum Gasteiger partial charge on any atom is -0.383 e. The molecule has 0 aliphatic heterocycles. The Kier molecular flexibility index (Phi) is 3.80. The lowest BCUT2D eigenvalue weighted by Crippen LogP contribution is -2.04. The van der Waals surface area contributed by atoms with E-state index in [0.29, 0.717) is 5.56 Å². The second-order valence-electron chi connectivity index (χ2n) is 4.53. The maximum Gasteiger partial charge on any atom is 0.190 e. The highest BCUT2D eigenvalue weighted by Crippen LogP contribution is 2.14. The first kappa shape index (κ1) is 13.1. The van der Waals surface area contributed by atoms with Crippen LogP contribution in [0.25, 0.3) is 5.69 Å². The number of allylic oxidation sites excluding steroid dienone is 1. The van der Waals surface area contributed by atoms with Crippen molar-refractivity contribution in [2.24, 2.45) is 0 Å². The molecule has 0 saturated heterocycles. The van der Waals surface area contributed by atoms with E-state index in [1.165, 1.54) is 0 Å². The first-order valence-electron chi connectivity index (χ1n) is 6.08. The Morgan fingerprint density at radius 1 is 1.26 bits per heavy atom. The van der Waals surface area contributed by atoms with Gasteiger partial charge in [0.15, 0.2) is 5.78 Å². The van der Waals surface area contributed by atoms with Gasteiger partial charge in [-0.05, 0) is 19.1 Å². The Morgan fingerprint density at radius 2 is 1.95 bits per heavy atom. The molecule has 0 aliphatic rings. The molecular weight excluding hydrogens is 238 g/mol. The summed E-state index contributed by atoms with van der Waals surface area (Å²) < 4.78 is 1.77. The van der Waals surface area contributed by atoms with Gasteiger partial charge < -0.3 is 4.90 Å². The highest BCUT2D eigenvalue weighted by atomic mass is 16.1. The molecule has 0 bridgehead atoms. The van der Waals surface area contributed by atoms with E-state index in [9.17, 15) is 4.79 Å². The van der Waals surface area contributed by atoms with Gasteiger partial charge in [0.05, 0.1) is 23.1 Å². The Labute approximate surface area is 113 Å². The fourth-order valence-electron chi connectivity index (χ4n) is 1.79. The molecule has 0 N–H and O–H groups in total. The van der Waals surface area contributed by atoms with Gasteiger partial charge in [-0.1, -0.05) is 18.2 Å². The van der Waals surface area contributed by atoms with Crippen LogP contribution in [0, 0.1) is 6.92 Å². The molecule has 0 atom stereocenters.